The van der Waals surface area contributed by atoms with Gasteiger partial charge in [-0.05, 0) is 53.3 Å². The Hall–Kier alpha value is -3.94. The van der Waals surface area contributed by atoms with Crippen molar-refractivity contribution in [2.45, 2.75) is 39.5 Å². The number of benzene rings is 2. The highest BCUT2D eigenvalue weighted by molar-refractivity contribution is 5.89. The van der Waals surface area contributed by atoms with Crippen LogP contribution >= 0.6 is 0 Å². The number of carbonyl (C=O) groups is 1. The summed E-state index contributed by atoms with van der Waals surface area (Å²) in [6.45, 7) is 12.2. The van der Waals surface area contributed by atoms with E-state index in [1.165, 1.54) is 23.8 Å². The van der Waals surface area contributed by atoms with E-state index in [4.69, 9.17) is 14.7 Å². The predicted octanol–water partition coefficient (Wildman–Crippen LogP) is 4.67. The van der Waals surface area contributed by atoms with E-state index < -0.39 is 0 Å². The summed E-state index contributed by atoms with van der Waals surface area (Å²) in [4.78, 5) is 30.9. The summed E-state index contributed by atoms with van der Waals surface area (Å²) in [6.07, 6.45) is 2.55. The maximum Gasteiger partial charge on any atom is 0.337 e. The summed E-state index contributed by atoms with van der Waals surface area (Å²) in [5.74, 6) is 0.413. The number of esters is 1. The topological polar surface area (TPSA) is 76.4 Å². The molecule has 1 aliphatic heterocycles. The summed E-state index contributed by atoms with van der Waals surface area (Å²) < 4.78 is 6.83. The minimum atomic E-state index is -0.320. The van der Waals surface area contributed by atoms with Crippen LogP contribution in [-0.4, -0.2) is 58.8 Å². The maximum absolute atomic E-state index is 11.8. The molecular formula is C30H36N6O2. The normalized spacial score (nSPS) is 14.3. The monoisotopic (exact) mass is 512 g/mol. The van der Waals surface area contributed by atoms with Crippen LogP contribution in [0.2, 0.25) is 0 Å². The molecule has 8 heteroatoms. The van der Waals surface area contributed by atoms with Crippen molar-refractivity contribution in [3.63, 3.8) is 0 Å². The summed E-state index contributed by atoms with van der Waals surface area (Å²) >= 11 is 0. The van der Waals surface area contributed by atoms with Crippen LogP contribution in [-0.2, 0) is 23.6 Å². The average molecular weight is 513 g/mol. The number of piperazine rings is 1. The van der Waals surface area contributed by atoms with Crippen LogP contribution in [0.5, 0.6) is 0 Å². The molecule has 0 N–H and O–H groups in total. The second kappa shape index (κ2) is 10.1. The molecule has 2 aromatic heterocycles. The summed E-state index contributed by atoms with van der Waals surface area (Å²) in [7, 11) is 3.40. The molecule has 5 rings (SSSR count). The number of nitrogens with zero attached hydrogens (tertiary/aromatic N) is 6. The minimum Gasteiger partial charge on any atom is -0.465 e. The van der Waals surface area contributed by atoms with Gasteiger partial charge in [-0.2, -0.15) is 4.98 Å². The van der Waals surface area contributed by atoms with Gasteiger partial charge in [-0.15, -0.1) is 0 Å². The predicted molar refractivity (Wildman–Crippen MR) is 151 cm³/mol. The summed E-state index contributed by atoms with van der Waals surface area (Å²) in [5, 5.41) is 0. The van der Waals surface area contributed by atoms with Crippen LogP contribution < -0.4 is 9.80 Å². The number of aromatic nitrogens is 4. The van der Waals surface area contributed by atoms with Gasteiger partial charge in [-0.25, -0.2) is 14.8 Å². The van der Waals surface area contributed by atoms with Crippen molar-refractivity contribution in [3.8, 4) is 0 Å². The molecule has 0 saturated carbocycles. The highest BCUT2D eigenvalue weighted by Crippen LogP contribution is 2.28. The quantitative estimate of drug-likeness (QED) is 0.360. The standard InChI is InChI=1S/C30H36N6O2/c1-20-7-10-23(30(2,3)4)17-22(20)18-25-26-27(31-19-34(26)5)33-29(32-25)36-15-13-35(14-16-36)24-11-8-21(9-12-24)28(37)38-6/h7-12,17,19H,13-16,18H2,1-6H3. The van der Waals surface area contributed by atoms with Gasteiger partial charge in [0.05, 0.1) is 24.7 Å². The minimum absolute atomic E-state index is 0.0838. The number of fused-ring (bicyclic) bond motifs is 1. The second-order valence-electron chi connectivity index (χ2n) is 11.1. The zero-order chi connectivity index (χ0) is 27.0. The number of aryl methyl sites for hydroxylation is 2. The number of hydrogen-bond acceptors (Lipinski definition) is 7. The van der Waals surface area contributed by atoms with Gasteiger partial charge in [0.2, 0.25) is 5.95 Å². The van der Waals surface area contributed by atoms with Crippen molar-refractivity contribution >= 4 is 28.8 Å². The van der Waals surface area contributed by atoms with Crippen molar-refractivity contribution in [1.29, 1.82) is 0 Å². The summed E-state index contributed by atoms with van der Waals surface area (Å²) in [6, 6.07) is 14.4. The molecule has 3 heterocycles. The van der Waals surface area contributed by atoms with Gasteiger partial charge in [0.15, 0.2) is 5.65 Å². The van der Waals surface area contributed by atoms with Gasteiger partial charge < -0.3 is 19.1 Å². The van der Waals surface area contributed by atoms with E-state index in [0.29, 0.717) is 5.56 Å². The smallest absolute Gasteiger partial charge is 0.337 e. The zero-order valence-corrected chi connectivity index (χ0v) is 23.2. The van der Waals surface area contributed by atoms with Gasteiger partial charge in [0.25, 0.3) is 0 Å². The molecule has 0 unspecified atom stereocenters. The number of carbonyl (C=O) groups excluding carboxylic acids is 1. The number of imidazole rings is 1. The lowest BCUT2D eigenvalue weighted by Crippen LogP contribution is -2.47. The Morgan fingerprint density at radius 1 is 0.974 bits per heavy atom. The van der Waals surface area contributed by atoms with Gasteiger partial charge >= 0.3 is 5.97 Å². The third-order valence-corrected chi connectivity index (χ3v) is 7.42. The van der Waals surface area contributed by atoms with Crippen LogP contribution in [0.15, 0.2) is 48.8 Å². The largest absolute Gasteiger partial charge is 0.465 e. The third kappa shape index (κ3) is 5.08. The first-order chi connectivity index (χ1) is 18.1. The van der Waals surface area contributed by atoms with Crippen molar-refractivity contribution < 1.29 is 9.53 Å². The molecule has 8 nitrogen and oxygen atoms in total. The molecule has 0 bridgehead atoms. The van der Waals surface area contributed by atoms with E-state index in [2.05, 4.69) is 60.7 Å². The first-order valence-corrected chi connectivity index (χ1v) is 13.1. The Bertz CT molecular complexity index is 1460. The highest BCUT2D eigenvalue weighted by Gasteiger charge is 2.23. The first-order valence-electron chi connectivity index (χ1n) is 13.1. The molecule has 1 fully saturated rings. The van der Waals surface area contributed by atoms with Gasteiger partial charge in [-0.3, -0.25) is 0 Å². The van der Waals surface area contributed by atoms with E-state index in [-0.39, 0.29) is 11.4 Å². The fraction of sp³-hybridized carbons (Fsp3) is 0.400. The number of anilines is 2. The van der Waals surface area contributed by atoms with E-state index in [9.17, 15) is 4.79 Å². The number of rotatable bonds is 5. The van der Waals surface area contributed by atoms with Crippen molar-refractivity contribution in [2.75, 3.05) is 43.1 Å². The van der Waals surface area contributed by atoms with Crippen LogP contribution in [0, 0.1) is 6.92 Å². The molecule has 38 heavy (non-hydrogen) atoms. The Labute approximate surface area is 224 Å². The summed E-state index contributed by atoms with van der Waals surface area (Å²) in [5.41, 5.74) is 8.32. The van der Waals surface area contributed by atoms with Crippen LogP contribution in [0.25, 0.3) is 11.2 Å². The molecule has 0 aliphatic carbocycles. The number of methoxy groups -OCH3 is 1. The second-order valence-corrected chi connectivity index (χ2v) is 11.1. The van der Waals surface area contributed by atoms with E-state index >= 15 is 0 Å². The molecule has 2 aromatic carbocycles. The molecule has 0 atom stereocenters. The van der Waals surface area contributed by atoms with Gasteiger partial charge in [0.1, 0.15) is 5.52 Å². The Morgan fingerprint density at radius 2 is 1.66 bits per heavy atom. The average Bonchev–Trinajstić information content (AvgIpc) is 3.29. The Balaban J connectivity index is 1.39. The molecule has 0 radical (unpaired) electrons. The van der Waals surface area contributed by atoms with Crippen LogP contribution in [0.1, 0.15) is 53.5 Å². The lowest BCUT2D eigenvalue weighted by molar-refractivity contribution is 0.0600. The lowest BCUT2D eigenvalue weighted by atomic mass is 9.84. The fourth-order valence-corrected chi connectivity index (χ4v) is 4.99. The van der Waals surface area contributed by atoms with Crippen LogP contribution in [0.3, 0.4) is 0 Å². The SMILES string of the molecule is COC(=O)c1ccc(N2CCN(c3nc(Cc4cc(C(C)(C)C)ccc4C)c4c(ncn4C)n3)CC2)cc1. The maximum atomic E-state index is 11.8. The van der Waals surface area contributed by atoms with E-state index in [1.54, 1.807) is 0 Å². The zero-order valence-electron chi connectivity index (χ0n) is 23.2. The van der Waals surface area contributed by atoms with Gasteiger partial charge in [-0.1, -0.05) is 39.0 Å². The molecule has 0 amide bonds. The van der Waals surface area contributed by atoms with E-state index in [0.717, 1.165) is 61.1 Å². The van der Waals surface area contributed by atoms with Crippen molar-refractivity contribution in [1.82, 2.24) is 19.5 Å². The molecule has 198 valence electrons. The van der Waals surface area contributed by atoms with E-state index in [1.807, 2.05) is 42.2 Å². The molecule has 1 aliphatic rings. The lowest BCUT2D eigenvalue weighted by Gasteiger charge is -2.36. The van der Waals surface area contributed by atoms with Crippen molar-refractivity contribution in [2.24, 2.45) is 7.05 Å². The van der Waals surface area contributed by atoms with Gasteiger partial charge in [0, 0.05) is 45.3 Å². The molecule has 1 saturated heterocycles. The third-order valence-electron chi connectivity index (χ3n) is 7.42. The number of hydrogen-bond donors (Lipinski definition) is 0. The highest BCUT2D eigenvalue weighted by atomic mass is 16.5. The molecule has 0 spiro atoms. The molecule has 4 aromatic rings. The van der Waals surface area contributed by atoms with Crippen LogP contribution in [0.4, 0.5) is 11.6 Å². The van der Waals surface area contributed by atoms with Crippen molar-refractivity contribution in [3.05, 3.63) is 76.7 Å². The first kappa shape index (κ1) is 25.7. The Morgan fingerprint density at radius 3 is 2.32 bits per heavy atom. The number of ether oxygens (including phenoxy) is 1. The Kier molecular flexibility index (Phi) is 6.82. The fourth-order valence-electron chi connectivity index (χ4n) is 4.99. The molecular weight excluding hydrogens is 476 g/mol.